The number of hydrogen-bond donors (Lipinski definition) is 0. The van der Waals surface area contributed by atoms with Crippen LogP contribution < -0.4 is 0 Å². The predicted molar refractivity (Wildman–Crippen MR) is 118 cm³/mol. The number of carbonyl (C=O) groups excluding carboxylic acids is 1. The first kappa shape index (κ1) is 22.5. The lowest BCUT2D eigenvalue weighted by Gasteiger charge is -2.43. The summed E-state index contributed by atoms with van der Waals surface area (Å²) < 4.78 is 6.05. The van der Waals surface area contributed by atoms with Gasteiger partial charge in [-0.05, 0) is 63.4 Å². The Hall–Kier alpha value is -1.83. The number of ether oxygens (including phenoxy) is 1. The molecule has 1 aliphatic carbocycles. The van der Waals surface area contributed by atoms with Crippen LogP contribution in [0.1, 0.15) is 79.2 Å². The Balaban J connectivity index is 2.09. The number of benzene rings is 1. The van der Waals surface area contributed by atoms with Gasteiger partial charge in [0, 0.05) is 12.0 Å². The molecule has 0 unspecified atom stereocenters. The second-order valence-electron chi connectivity index (χ2n) is 9.40. The Morgan fingerprint density at radius 2 is 1.82 bits per heavy atom. The monoisotopic (exact) mass is 382 g/mol. The molecule has 0 amide bonds. The quantitative estimate of drug-likeness (QED) is 0.288. The highest BCUT2D eigenvalue weighted by atomic mass is 16.5. The van der Waals surface area contributed by atoms with Gasteiger partial charge in [0.2, 0.25) is 0 Å². The molecule has 1 fully saturated rings. The number of esters is 1. The van der Waals surface area contributed by atoms with E-state index in [-0.39, 0.29) is 17.5 Å². The molecule has 1 aromatic rings. The zero-order valence-corrected chi connectivity index (χ0v) is 18.6. The van der Waals surface area contributed by atoms with E-state index in [2.05, 4.69) is 71.0 Å². The van der Waals surface area contributed by atoms with Crippen molar-refractivity contribution in [2.75, 3.05) is 0 Å². The molecule has 0 spiro atoms. The summed E-state index contributed by atoms with van der Waals surface area (Å²) in [7, 11) is 0. The van der Waals surface area contributed by atoms with Crippen LogP contribution in [0.5, 0.6) is 0 Å². The van der Waals surface area contributed by atoms with E-state index >= 15 is 0 Å². The molecule has 0 N–H and O–H groups in total. The summed E-state index contributed by atoms with van der Waals surface area (Å²) in [4.78, 5) is 12.6. The maximum absolute atomic E-state index is 12.6. The van der Waals surface area contributed by atoms with Gasteiger partial charge in [-0.2, -0.15) is 0 Å². The molecule has 0 aromatic heterocycles. The molecule has 0 heterocycles. The van der Waals surface area contributed by atoms with Crippen molar-refractivity contribution >= 4 is 5.97 Å². The zero-order valence-electron chi connectivity index (χ0n) is 18.6. The lowest BCUT2D eigenvalue weighted by atomic mass is 9.64. The predicted octanol–water partition coefficient (Wildman–Crippen LogP) is 7.00. The summed E-state index contributed by atoms with van der Waals surface area (Å²) in [5, 5.41) is 0. The Kier molecular flexibility index (Phi) is 8.10. The number of carbonyl (C=O) groups is 1. The number of hydrogen-bond acceptors (Lipinski definition) is 2. The number of rotatable bonds is 7. The van der Waals surface area contributed by atoms with Gasteiger partial charge in [0.05, 0.1) is 0 Å². The zero-order chi connectivity index (χ0) is 20.7. The Morgan fingerprint density at radius 1 is 1.14 bits per heavy atom. The first-order chi connectivity index (χ1) is 13.2. The SMILES string of the molecule is CC(C)=CCC/C(C)=C/C(=O)O[C@H]1C[C@@H](C)CC[C@@H]1C(C)(C)c1ccccc1. The molecular formula is C26H38O2. The topological polar surface area (TPSA) is 26.3 Å². The van der Waals surface area contributed by atoms with Gasteiger partial charge in [-0.25, -0.2) is 4.79 Å². The highest BCUT2D eigenvalue weighted by Gasteiger charge is 2.41. The van der Waals surface area contributed by atoms with Crippen LogP contribution in [0.2, 0.25) is 0 Å². The lowest BCUT2D eigenvalue weighted by Crippen LogP contribution is -2.43. The number of allylic oxidation sites excluding steroid dienone is 3. The second-order valence-corrected chi connectivity index (χ2v) is 9.40. The molecule has 1 saturated carbocycles. The van der Waals surface area contributed by atoms with Crippen LogP contribution in [0.15, 0.2) is 53.6 Å². The van der Waals surface area contributed by atoms with Crippen molar-refractivity contribution in [3.63, 3.8) is 0 Å². The largest absolute Gasteiger partial charge is 0.459 e. The Labute approximate surface area is 172 Å². The van der Waals surface area contributed by atoms with E-state index in [0.717, 1.165) is 31.3 Å². The van der Waals surface area contributed by atoms with Gasteiger partial charge in [0.15, 0.2) is 0 Å². The van der Waals surface area contributed by atoms with Crippen LogP contribution in [-0.2, 0) is 14.9 Å². The Morgan fingerprint density at radius 3 is 2.46 bits per heavy atom. The third-order valence-corrected chi connectivity index (χ3v) is 6.22. The van der Waals surface area contributed by atoms with Crippen LogP contribution in [0.3, 0.4) is 0 Å². The van der Waals surface area contributed by atoms with E-state index in [0.29, 0.717) is 11.8 Å². The van der Waals surface area contributed by atoms with E-state index in [1.165, 1.54) is 17.6 Å². The van der Waals surface area contributed by atoms with E-state index in [9.17, 15) is 4.79 Å². The average Bonchev–Trinajstić information content (AvgIpc) is 2.61. The first-order valence-corrected chi connectivity index (χ1v) is 10.8. The standard InChI is InChI=1S/C26H38O2/c1-19(2)11-10-12-20(3)18-25(27)28-24-17-21(4)15-16-23(24)26(5,6)22-13-8-7-9-14-22/h7-9,11,13-14,18,21,23-24H,10,12,15-17H2,1-6H3/b20-18+/t21-,23-,24-/m0/s1. The minimum atomic E-state index is -0.178. The smallest absolute Gasteiger partial charge is 0.330 e. The molecule has 154 valence electrons. The van der Waals surface area contributed by atoms with Crippen molar-refractivity contribution in [1.29, 1.82) is 0 Å². The highest BCUT2D eigenvalue weighted by Crippen LogP contribution is 2.43. The second kappa shape index (κ2) is 10.1. The fraction of sp³-hybridized carbons (Fsp3) is 0.577. The van der Waals surface area contributed by atoms with Gasteiger partial charge in [0.1, 0.15) is 6.10 Å². The highest BCUT2D eigenvalue weighted by molar-refractivity contribution is 5.82. The lowest BCUT2D eigenvalue weighted by molar-refractivity contribution is -0.150. The summed E-state index contributed by atoms with van der Waals surface area (Å²) in [6.45, 7) is 13.1. The molecule has 0 bridgehead atoms. The fourth-order valence-electron chi connectivity index (χ4n) is 4.41. The molecule has 3 atom stereocenters. The molecule has 1 aromatic carbocycles. The molecule has 1 aliphatic rings. The van der Waals surface area contributed by atoms with E-state index in [1.807, 2.05) is 6.92 Å². The molecule has 0 saturated heterocycles. The summed E-state index contributed by atoms with van der Waals surface area (Å²) in [5.74, 6) is 0.764. The minimum Gasteiger partial charge on any atom is -0.459 e. The van der Waals surface area contributed by atoms with Crippen molar-refractivity contribution in [3.8, 4) is 0 Å². The van der Waals surface area contributed by atoms with Crippen molar-refractivity contribution in [2.45, 2.75) is 85.2 Å². The molecule has 2 nitrogen and oxygen atoms in total. The molecule has 2 heteroatoms. The molecule has 28 heavy (non-hydrogen) atoms. The minimum absolute atomic E-state index is 0.0193. The van der Waals surface area contributed by atoms with E-state index in [4.69, 9.17) is 4.74 Å². The summed E-state index contributed by atoms with van der Waals surface area (Å²) in [6.07, 6.45) is 9.03. The van der Waals surface area contributed by atoms with Gasteiger partial charge in [-0.1, -0.05) is 74.7 Å². The van der Waals surface area contributed by atoms with Gasteiger partial charge in [-0.3, -0.25) is 0 Å². The summed E-state index contributed by atoms with van der Waals surface area (Å²) in [5.41, 5.74) is 3.71. The third-order valence-electron chi connectivity index (χ3n) is 6.22. The van der Waals surface area contributed by atoms with E-state index in [1.54, 1.807) is 6.08 Å². The maximum atomic E-state index is 12.6. The van der Waals surface area contributed by atoms with Crippen LogP contribution in [-0.4, -0.2) is 12.1 Å². The van der Waals surface area contributed by atoms with Crippen molar-refractivity contribution in [2.24, 2.45) is 11.8 Å². The van der Waals surface area contributed by atoms with Crippen molar-refractivity contribution in [3.05, 3.63) is 59.2 Å². The summed E-state index contributed by atoms with van der Waals surface area (Å²) >= 11 is 0. The van der Waals surface area contributed by atoms with Crippen molar-refractivity contribution in [1.82, 2.24) is 0 Å². The molecule has 0 aliphatic heterocycles. The summed E-state index contributed by atoms with van der Waals surface area (Å²) in [6, 6.07) is 10.7. The average molecular weight is 383 g/mol. The van der Waals surface area contributed by atoms with E-state index < -0.39 is 0 Å². The molecule has 2 rings (SSSR count). The van der Waals surface area contributed by atoms with Crippen LogP contribution in [0.4, 0.5) is 0 Å². The van der Waals surface area contributed by atoms with Gasteiger partial charge in [0.25, 0.3) is 0 Å². The normalized spacial score (nSPS) is 23.2. The first-order valence-electron chi connectivity index (χ1n) is 10.8. The fourth-order valence-corrected chi connectivity index (χ4v) is 4.41. The maximum Gasteiger partial charge on any atom is 0.330 e. The van der Waals surface area contributed by atoms with Crippen LogP contribution in [0, 0.1) is 11.8 Å². The van der Waals surface area contributed by atoms with Crippen molar-refractivity contribution < 1.29 is 9.53 Å². The van der Waals surface area contributed by atoms with Crippen LogP contribution in [0.25, 0.3) is 0 Å². The van der Waals surface area contributed by atoms with Crippen LogP contribution >= 0.6 is 0 Å². The van der Waals surface area contributed by atoms with Gasteiger partial charge in [-0.15, -0.1) is 0 Å². The van der Waals surface area contributed by atoms with Gasteiger partial charge >= 0.3 is 5.97 Å². The molecule has 0 radical (unpaired) electrons. The van der Waals surface area contributed by atoms with Gasteiger partial charge < -0.3 is 4.74 Å². The molecular weight excluding hydrogens is 344 g/mol. The Bertz CT molecular complexity index is 692. The third kappa shape index (κ3) is 6.36.